The second-order valence-corrected chi connectivity index (χ2v) is 4.29. The molecule has 1 aromatic carbocycles. The van der Waals surface area contributed by atoms with E-state index in [0.717, 1.165) is 0 Å². The Kier molecular flexibility index (Phi) is 5.11. The lowest BCUT2D eigenvalue weighted by Crippen LogP contribution is -2.32. The number of nitrogens with zero attached hydrogens (tertiary/aromatic N) is 1. The molecule has 0 amide bonds. The zero-order valence-corrected chi connectivity index (χ0v) is 10.7. The molecule has 1 unspecified atom stereocenters. The van der Waals surface area contributed by atoms with Gasteiger partial charge in [0, 0.05) is 18.8 Å². The monoisotopic (exact) mass is 263 g/mol. The fourth-order valence-electron chi connectivity index (χ4n) is 1.69. The molecule has 0 aliphatic heterocycles. The van der Waals surface area contributed by atoms with Crippen LogP contribution < -0.4 is 4.90 Å². The Morgan fingerprint density at radius 2 is 2.11 bits per heavy atom. The van der Waals surface area contributed by atoms with Gasteiger partial charge in [0.2, 0.25) is 0 Å². The number of benzene rings is 1. The number of hydrogen-bond acceptors (Lipinski definition) is 3. The zero-order valence-electron chi connectivity index (χ0n) is 10.7. The SMILES string of the molecule is C=CCN(CC(C)C(=O)O)c1cccc(C(=O)O)c1. The summed E-state index contributed by atoms with van der Waals surface area (Å²) in [7, 11) is 0. The molecule has 0 aliphatic rings. The molecule has 5 nitrogen and oxygen atoms in total. The smallest absolute Gasteiger partial charge is 0.335 e. The summed E-state index contributed by atoms with van der Waals surface area (Å²) >= 11 is 0. The van der Waals surface area contributed by atoms with Crippen LogP contribution in [-0.2, 0) is 4.79 Å². The van der Waals surface area contributed by atoms with Gasteiger partial charge in [-0.15, -0.1) is 6.58 Å². The number of anilines is 1. The van der Waals surface area contributed by atoms with E-state index in [0.29, 0.717) is 18.8 Å². The third-order valence-corrected chi connectivity index (χ3v) is 2.72. The van der Waals surface area contributed by atoms with Crippen LogP contribution in [0, 0.1) is 5.92 Å². The van der Waals surface area contributed by atoms with E-state index in [2.05, 4.69) is 6.58 Å². The Labute approximate surface area is 111 Å². The molecule has 1 atom stereocenters. The lowest BCUT2D eigenvalue weighted by atomic mass is 10.1. The quantitative estimate of drug-likeness (QED) is 0.736. The van der Waals surface area contributed by atoms with Gasteiger partial charge < -0.3 is 15.1 Å². The number of carboxylic acid groups (broad SMARTS) is 2. The molecule has 1 rings (SSSR count). The summed E-state index contributed by atoms with van der Waals surface area (Å²) in [5.41, 5.74) is 0.849. The van der Waals surface area contributed by atoms with Crippen molar-refractivity contribution >= 4 is 17.6 Å². The van der Waals surface area contributed by atoms with Gasteiger partial charge >= 0.3 is 11.9 Å². The summed E-state index contributed by atoms with van der Waals surface area (Å²) in [5, 5.41) is 17.9. The van der Waals surface area contributed by atoms with E-state index in [1.165, 1.54) is 12.1 Å². The van der Waals surface area contributed by atoms with Gasteiger partial charge in [-0.3, -0.25) is 4.79 Å². The van der Waals surface area contributed by atoms with Gasteiger partial charge in [0.05, 0.1) is 11.5 Å². The molecule has 0 fully saturated rings. The van der Waals surface area contributed by atoms with Gasteiger partial charge in [-0.05, 0) is 18.2 Å². The Morgan fingerprint density at radius 3 is 2.63 bits per heavy atom. The third-order valence-electron chi connectivity index (χ3n) is 2.72. The number of aliphatic carboxylic acids is 1. The lowest BCUT2D eigenvalue weighted by Gasteiger charge is -2.25. The normalized spacial score (nSPS) is 11.6. The lowest BCUT2D eigenvalue weighted by molar-refractivity contribution is -0.140. The molecular weight excluding hydrogens is 246 g/mol. The number of aromatic carboxylic acids is 1. The van der Waals surface area contributed by atoms with Crippen LogP contribution in [0.4, 0.5) is 5.69 Å². The van der Waals surface area contributed by atoms with E-state index in [9.17, 15) is 9.59 Å². The van der Waals surface area contributed by atoms with Crippen LogP contribution in [0.25, 0.3) is 0 Å². The van der Waals surface area contributed by atoms with Crippen molar-refractivity contribution in [3.8, 4) is 0 Å². The van der Waals surface area contributed by atoms with E-state index >= 15 is 0 Å². The molecule has 0 saturated carbocycles. The van der Waals surface area contributed by atoms with Crippen molar-refractivity contribution in [2.45, 2.75) is 6.92 Å². The summed E-state index contributed by atoms with van der Waals surface area (Å²) in [4.78, 5) is 23.6. The molecule has 0 bridgehead atoms. The molecule has 0 spiro atoms. The summed E-state index contributed by atoms with van der Waals surface area (Å²) in [5.74, 6) is -2.44. The van der Waals surface area contributed by atoms with Crippen molar-refractivity contribution in [3.63, 3.8) is 0 Å². The van der Waals surface area contributed by atoms with Gasteiger partial charge in [0.1, 0.15) is 0 Å². The Balaban J connectivity index is 2.98. The standard InChI is InChI=1S/C14H17NO4/c1-3-7-15(9-10(2)13(16)17)12-6-4-5-11(8-12)14(18)19/h3-6,8,10H,1,7,9H2,2H3,(H,16,17)(H,18,19). The van der Waals surface area contributed by atoms with Crippen LogP contribution in [0.15, 0.2) is 36.9 Å². The van der Waals surface area contributed by atoms with Crippen molar-refractivity contribution in [3.05, 3.63) is 42.5 Å². The van der Waals surface area contributed by atoms with Crippen molar-refractivity contribution in [1.82, 2.24) is 0 Å². The topological polar surface area (TPSA) is 77.8 Å². The van der Waals surface area contributed by atoms with Gasteiger partial charge in [-0.2, -0.15) is 0 Å². The molecular formula is C14H17NO4. The fraction of sp³-hybridized carbons (Fsp3) is 0.286. The van der Waals surface area contributed by atoms with Crippen LogP contribution in [0.3, 0.4) is 0 Å². The van der Waals surface area contributed by atoms with Gasteiger partial charge in [-0.25, -0.2) is 4.79 Å². The maximum atomic E-state index is 10.9. The molecule has 2 N–H and O–H groups in total. The fourth-order valence-corrected chi connectivity index (χ4v) is 1.69. The Bertz CT molecular complexity index is 484. The highest BCUT2D eigenvalue weighted by atomic mass is 16.4. The maximum Gasteiger partial charge on any atom is 0.335 e. The number of carbonyl (C=O) groups is 2. The van der Waals surface area contributed by atoms with Crippen LogP contribution in [0.1, 0.15) is 17.3 Å². The molecule has 19 heavy (non-hydrogen) atoms. The molecule has 0 aliphatic carbocycles. The number of carboxylic acids is 2. The molecule has 0 saturated heterocycles. The highest BCUT2D eigenvalue weighted by Gasteiger charge is 2.16. The first-order valence-corrected chi connectivity index (χ1v) is 5.87. The maximum absolute atomic E-state index is 10.9. The van der Waals surface area contributed by atoms with E-state index in [1.807, 2.05) is 0 Å². The summed E-state index contributed by atoms with van der Waals surface area (Å²) in [6.45, 7) is 6.00. The van der Waals surface area contributed by atoms with Crippen LogP contribution in [-0.4, -0.2) is 35.2 Å². The first kappa shape index (κ1) is 14.8. The van der Waals surface area contributed by atoms with Crippen LogP contribution in [0.2, 0.25) is 0 Å². The largest absolute Gasteiger partial charge is 0.481 e. The molecule has 0 heterocycles. The van der Waals surface area contributed by atoms with E-state index < -0.39 is 17.9 Å². The van der Waals surface area contributed by atoms with Gasteiger partial charge in [0.25, 0.3) is 0 Å². The molecule has 0 radical (unpaired) electrons. The number of hydrogen-bond donors (Lipinski definition) is 2. The molecule has 0 aromatic heterocycles. The van der Waals surface area contributed by atoms with Crippen LogP contribution >= 0.6 is 0 Å². The third kappa shape index (κ3) is 4.13. The minimum Gasteiger partial charge on any atom is -0.481 e. The first-order chi connectivity index (χ1) is 8.95. The predicted octanol–water partition coefficient (Wildman–Crippen LogP) is 2.10. The van der Waals surface area contributed by atoms with E-state index in [4.69, 9.17) is 10.2 Å². The summed E-state index contributed by atoms with van der Waals surface area (Å²) in [6.07, 6.45) is 1.65. The molecule has 102 valence electrons. The van der Waals surface area contributed by atoms with Crippen molar-refractivity contribution in [1.29, 1.82) is 0 Å². The average Bonchev–Trinajstić information content (AvgIpc) is 2.38. The molecule has 5 heteroatoms. The second-order valence-electron chi connectivity index (χ2n) is 4.29. The van der Waals surface area contributed by atoms with Gasteiger partial charge in [0.15, 0.2) is 0 Å². The zero-order chi connectivity index (χ0) is 14.4. The molecule has 1 aromatic rings. The van der Waals surface area contributed by atoms with Gasteiger partial charge in [-0.1, -0.05) is 19.1 Å². The van der Waals surface area contributed by atoms with Crippen LogP contribution in [0.5, 0.6) is 0 Å². The van der Waals surface area contributed by atoms with E-state index in [-0.39, 0.29) is 5.56 Å². The second kappa shape index (κ2) is 6.58. The van der Waals surface area contributed by atoms with Crippen molar-refractivity contribution in [2.24, 2.45) is 5.92 Å². The highest BCUT2D eigenvalue weighted by Crippen LogP contribution is 2.18. The summed E-state index contributed by atoms with van der Waals surface area (Å²) in [6, 6.07) is 6.42. The summed E-state index contributed by atoms with van der Waals surface area (Å²) < 4.78 is 0. The first-order valence-electron chi connectivity index (χ1n) is 5.87. The predicted molar refractivity (Wildman–Crippen MR) is 72.6 cm³/mol. The Hall–Kier alpha value is -2.30. The van der Waals surface area contributed by atoms with Crippen molar-refractivity contribution in [2.75, 3.05) is 18.0 Å². The average molecular weight is 263 g/mol. The Morgan fingerprint density at radius 1 is 1.42 bits per heavy atom. The minimum absolute atomic E-state index is 0.176. The minimum atomic E-state index is -1.01. The number of rotatable bonds is 7. The van der Waals surface area contributed by atoms with E-state index in [1.54, 1.807) is 30.0 Å². The van der Waals surface area contributed by atoms with Crippen molar-refractivity contribution < 1.29 is 19.8 Å². The highest BCUT2D eigenvalue weighted by molar-refractivity contribution is 5.88.